The second kappa shape index (κ2) is 5.49. The second-order valence-electron chi connectivity index (χ2n) is 5.50. The molecule has 1 aromatic heterocycles. The molecule has 1 aliphatic rings. The van der Waals surface area contributed by atoms with E-state index in [-0.39, 0.29) is 5.91 Å². The Balaban J connectivity index is 1.61. The number of hydrogen-bond donors (Lipinski definition) is 1. The van der Waals surface area contributed by atoms with Gasteiger partial charge in [0.15, 0.2) is 0 Å². The van der Waals surface area contributed by atoms with Gasteiger partial charge in [-0.05, 0) is 43.4 Å². The van der Waals surface area contributed by atoms with Gasteiger partial charge in [0.2, 0.25) is 5.91 Å². The quantitative estimate of drug-likeness (QED) is 0.905. The number of hydrogen-bond acceptors (Lipinski definition) is 2. The van der Waals surface area contributed by atoms with Crippen molar-refractivity contribution in [1.29, 1.82) is 0 Å². The normalized spacial score (nSPS) is 15.8. The fourth-order valence-electron chi connectivity index (χ4n) is 2.38. The Morgan fingerprint density at radius 3 is 2.85 bits per heavy atom. The summed E-state index contributed by atoms with van der Waals surface area (Å²) in [5, 5.41) is 7.37. The van der Waals surface area contributed by atoms with Gasteiger partial charge in [0.05, 0.1) is 18.3 Å². The summed E-state index contributed by atoms with van der Waals surface area (Å²) in [5.41, 5.74) is 1.94. The molecule has 20 heavy (non-hydrogen) atoms. The van der Waals surface area contributed by atoms with Gasteiger partial charge in [-0.2, -0.15) is 5.10 Å². The minimum Gasteiger partial charge on any atom is -0.353 e. The lowest BCUT2D eigenvalue weighted by Crippen LogP contribution is -2.34. The summed E-state index contributed by atoms with van der Waals surface area (Å²) in [6.07, 6.45) is 6.55. The molecule has 0 aliphatic heterocycles. The van der Waals surface area contributed by atoms with E-state index in [4.69, 9.17) is 0 Å². The maximum Gasteiger partial charge on any atom is 0.224 e. The van der Waals surface area contributed by atoms with Crippen LogP contribution >= 0.6 is 0 Å². The Bertz CT molecular complexity index is 587. The summed E-state index contributed by atoms with van der Waals surface area (Å²) >= 11 is 0. The van der Waals surface area contributed by atoms with Crippen molar-refractivity contribution < 1.29 is 4.79 Å². The van der Waals surface area contributed by atoms with E-state index >= 15 is 0 Å². The van der Waals surface area contributed by atoms with Gasteiger partial charge in [0.25, 0.3) is 0 Å². The molecule has 1 aliphatic carbocycles. The minimum absolute atomic E-state index is 0.0806. The lowest BCUT2D eigenvalue weighted by Gasteiger charge is -2.11. The summed E-state index contributed by atoms with van der Waals surface area (Å²) < 4.78 is 1.80. The number of para-hydroxylation sites is 1. The molecule has 3 rings (SSSR count). The smallest absolute Gasteiger partial charge is 0.224 e. The van der Waals surface area contributed by atoms with Gasteiger partial charge >= 0.3 is 0 Å². The molecule has 1 N–H and O–H groups in total. The molecule has 1 saturated carbocycles. The summed E-state index contributed by atoms with van der Waals surface area (Å²) in [7, 11) is 0. The van der Waals surface area contributed by atoms with Gasteiger partial charge in [0.1, 0.15) is 0 Å². The van der Waals surface area contributed by atoms with E-state index in [1.165, 1.54) is 12.8 Å². The zero-order valence-electron chi connectivity index (χ0n) is 11.6. The first-order valence-corrected chi connectivity index (χ1v) is 7.11. The molecule has 1 unspecified atom stereocenters. The molecule has 4 nitrogen and oxygen atoms in total. The second-order valence-corrected chi connectivity index (χ2v) is 5.50. The van der Waals surface area contributed by atoms with Gasteiger partial charge in [-0.15, -0.1) is 0 Å². The maximum absolute atomic E-state index is 12.0. The fraction of sp³-hybridized carbons (Fsp3) is 0.375. The highest BCUT2D eigenvalue weighted by Gasteiger charge is 2.28. The van der Waals surface area contributed by atoms with Crippen LogP contribution in [0.5, 0.6) is 0 Å². The molecule has 2 aromatic rings. The third kappa shape index (κ3) is 3.07. The number of benzene rings is 1. The molecule has 0 saturated heterocycles. The average molecular weight is 269 g/mol. The van der Waals surface area contributed by atoms with Gasteiger partial charge in [-0.3, -0.25) is 4.79 Å². The zero-order valence-corrected chi connectivity index (χ0v) is 11.6. The van der Waals surface area contributed by atoms with Crippen LogP contribution in [0.15, 0.2) is 42.7 Å². The molecule has 104 valence electrons. The first kappa shape index (κ1) is 12.9. The summed E-state index contributed by atoms with van der Waals surface area (Å²) in [5.74, 6) is 0.767. The molecule has 1 amide bonds. The third-order valence-corrected chi connectivity index (χ3v) is 3.74. The molecule has 0 bridgehead atoms. The van der Waals surface area contributed by atoms with Crippen molar-refractivity contribution in [2.45, 2.75) is 32.2 Å². The lowest BCUT2D eigenvalue weighted by atomic mass is 10.2. The molecule has 0 spiro atoms. The minimum atomic E-state index is 0.0806. The predicted octanol–water partition coefficient (Wildman–Crippen LogP) is 2.33. The average Bonchev–Trinajstić information content (AvgIpc) is 3.21. The number of nitrogens with zero attached hydrogens (tertiary/aromatic N) is 2. The van der Waals surface area contributed by atoms with Crippen LogP contribution in [-0.4, -0.2) is 21.7 Å². The van der Waals surface area contributed by atoms with E-state index in [9.17, 15) is 4.79 Å². The standard InChI is InChI=1S/C16H19N3O/c1-12(14-7-8-14)18-16(20)9-13-10-17-19(11-13)15-5-3-2-4-6-15/h2-6,10-12,14H,7-9H2,1H3,(H,18,20). The lowest BCUT2D eigenvalue weighted by molar-refractivity contribution is -0.121. The van der Waals surface area contributed by atoms with E-state index < -0.39 is 0 Å². The van der Waals surface area contributed by atoms with E-state index in [1.807, 2.05) is 36.5 Å². The van der Waals surface area contributed by atoms with E-state index in [2.05, 4.69) is 17.3 Å². The summed E-state index contributed by atoms with van der Waals surface area (Å²) in [4.78, 5) is 12.0. The summed E-state index contributed by atoms with van der Waals surface area (Å²) in [6, 6.07) is 10.2. The van der Waals surface area contributed by atoms with Crippen LogP contribution in [0, 0.1) is 5.92 Å². The third-order valence-electron chi connectivity index (χ3n) is 3.74. The van der Waals surface area contributed by atoms with Crippen LogP contribution in [0.4, 0.5) is 0 Å². The van der Waals surface area contributed by atoms with E-state index in [1.54, 1.807) is 10.9 Å². The van der Waals surface area contributed by atoms with Crippen LogP contribution in [0.2, 0.25) is 0 Å². The van der Waals surface area contributed by atoms with Crippen LogP contribution in [-0.2, 0) is 11.2 Å². The maximum atomic E-state index is 12.0. The molecule has 1 fully saturated rings. The Hall–Kier alpha value is -2.10. The Morgan fingerprint density at radius 1 is 1.40 bits per heavy atom. The van der Waals surface area contributed by atoms with Gasteiger partial charge in [-0.1, -0.05) is 18.2 Å². The van der Waals surface area contributed by atoms with Crippen molar-refractivity contribution in [2.24, 2.45) is 5.92 Å². The highest BCUT2D eigenvalue weighted by Crippen LogP contribution is 2.32. The highest BCUT2D eigenvalue weighted by atomic mass is 16.1. The molecular weight excluding hydrogens is 250 g/mol. The fourth-order valence-corrected chi connectivity index (χ4v) is 2.38. The number of nitrogens with one attached hydrogen (secondary N) is 1. The van der Waals surface area contributed by atoms with Crippen molar-refractivity contribution in [3.8, 4) is 5.69 Å². The monoisotopic (exact) mass is 269 g/mol. The van der Waals surface area contributed by atoms with Crippen LogP contribution < -0.4 is 5.32 Å². The molecule has 4 heteroatoms. The predicted molar refractivity (Wildman–Crippen MR) is 77.6 cm³/mol. The van der Waals surface area contributed by atoms with Crippen molar-refractivity contribution in [1.82, 2.24) is 15.1 Å². The molecule has 1 atom stereocenters. The van der Waals surface area contributed by atoms with Crippen LogP contribution in [0.25, 0.3) is 5.69 Å². The number of amides is 1. The van der Waals surface area contributed by atoms with Crippen molar-refractivity contribution in [2.75, 3.05) is 0 Å². The molecular formula is C16H19N3O. The number of aromatic nitrogens is 2. The SMILES string of the molecule is CC(NC(=O)Cc1cnn(-c2ccccc2)c1)C1CC1. The highest BCUT2D eigenvalue weighted by molar-refractivity contribution is 5.78. The van der Waals surface area contributed by atoms with Crippen molar-refractivity contribution in [3.63, 3.8) is 0 Å². The Labute approximate surface area is 118 Å². The van der Waals surface area contributed by atoms with Gasteiger partial charge in [-0.25, -0.2) is 4.68 Å². The number of carbonyl (C=O) groups excluding carboxylic acids is 1. The van der Waals surface area contributed by atoms with Crippen LogP contribution in [0.3, 0.4) is 0 Å². The first-order chi connectivity index (χ1) is 9.72. The van der Waals surface area contributed by atoms with Crippen molar-refractivity contribution in [3.05, 3.63) is 48.3 Å². The molecule has 0 radical (unpaired) electrons. The Morgan fingerprint density at radius 2 is 2.15 bits per heavy atom. The topological polar surface area (TPSA) is 46.9 Å². The number of carbonyl (C=O) groups is 1. The summed E-state index contributed by atoms with van der Waals surface area (Å²) in [6.45, 7) is 2.09. The van der Waals surface area contributed by atoms with E-state index in [0.717, 1.165) is 11.3 Å². The van der Waals surface area contributed by atoms with Crippen LogP contribution in [0.1, 0.15) is 25.3 Å². The van der Waals surface area contributed by atoms with Crippen molar-refractivity contribution >= 4 is 5.91 Å². The largest absolute Gasteiger partial charge is 0.353 e. The molecule has 1 heterocycles. The Kier molecular flexibility index (Phi) is 3.54. The molecule has 1 aromatic carbocycles. The number of rotatable bonds is 5. The van der Waals surface area contributed by atoms with Gasteiger partial charge in [0, 0.05) is 12.2 Å². The van der Waals surface area contributed by atoms with Gasteiger partial charge < -0.3 is 5.32 Å². The first-order valence-electron chi connectivity index (χ1n) is 7.11. The van der Waals surface area contributed by atoms with E-state index in [0.29, 0.717) is 18.4 Å². The zero-order chi connectivity index (χ0) is 13.9.